The molecule has 1 aliphatic heterocycles. The molecule has 0 saturated carbocycles. The van der Waals surface area contributed by atoms with Gasteiger partial charge in [-0.05, 0) is 85.1 Å². The molecule has 0 unspecified atom stereocenters. The number of hydrogen-bond donors (Lipinski definition) is 1. The molecule has 0 spiro atoms. The van der Waals surface area contributed by atoms with Crippen molar-refractivity contribution < 1.29 is 19.1 Å². The molecule has 4 aromatic carbocycles. The maximum absolute atomic E-state index is 13.1. The SMILES string of the molecule is CC1=CC[C@@H]2C(=O)N(c3cccc(C(=O)Nc4ccc(Oc5ccc6ccccc6c5)cc4)c3)C(=O)[C@H]2C1. The van der Waals surface area contributed by atoms with Gasteiger partial charge in [0.1, 0.15) is 11.5 Å². The lowest BCUT2D eigenvalue weighted by atomic mass is 9.82. The van der Waals surface area contributed by atoms with Crippen LogP contribution in [0.4, 0.5) is 11.4 Å². The standard InChI is InChI=1S/C32H26N2O4/c1-20-9-16-28-29(17-20)32(37)34(31(28)36)25-8-4-7-23(18-25)30(35)33-24-11-14-26(15-12-24)38-27-13-10-21-5-2-3-6-22(21)19-27/h2-15,18-19,28-29H,16-17H2,1H3,(H,33,35)/t28-,29-/m0/s1. The molecule has 38 heavy (non-hydrogen) atoms. The van der Waals surface area contributed by atoms with E-state index in [4.69, 9.17) is 4.74 Å². The summed E-state index contributed by atoms with van der Waals surface area (Å²) in [5.74, 6) is 0.0327. The lowest BCUT2D eigenvalue weighted by Gasteiger charge is -2.18. The molecule has 4 aromatic rings. The molecule has 188 valence electrons. The minimum atomic E-state index is -0.330. The number of amides is 3. The number of carbonyl (C=O) groups is 3. The summed E-state index contributed by atoms with van der Waals surface area (Å²) >= 11 is 0. The van der Waals surface area contributed by atoms with E-state index in [1.165, 1.54) is 4.90 Å². The van der Waals surface area contributed by atoms with E-state index in [0.717, 1.165) is 22.1 Å². The number of carbonyl (C=O) groups excluding carboxylic acids is 3. The highest BCUT2D eigenvalue weighted by Crippen LogP contribution is 2.40. The summed E-state index contributed by atoms with van der Waals surface area (Å²) < 4.78 is 5.98. The number of anilines is 2. The summed E-state index contributed by atoms with van der Waals surface area (Å²) in [5.41, 5.74) is 2.53. The van der Waals surface area contributed by atoms with Crippen LogP contribution in [0, 0.1) is 11.8 Å². The van der Waals surface area contributed by atoms with Crippen LogP contribution in [0.25, 0.3) is 10.8 Å². The van der Waals surface area contributed by atoms with Crippen molar-refractivity contribution in [2.45, 2.75) is 19.8 Å². The molecular weight excluding hydrogens is 476 g/mol. The molecule has 0 aromatic heterocycles. The predicted molar refractivity (Wildman–Crippen MR) is 147 cm³/mol. The summed E-state index contributed by atoms with van der Waals surface area (Å²) in [4.78, 5) is 40.3. The smallest absolute Gasteiger partial charge is 0.255 e. The molecule has 6 heteroatoms. The van der Waals surface area contributed by atoms with Gasteiger partial charge in [0.25, 0.3) is 5.91 Å². The van der Waals surface area contributed by atoms with Gasteiger partial charge in [-0.3, -0.25) is 19.3 Å². The molecule has 3 amide bonds. The lowest BCUT2D eigenvalue weighted by molar-refractivity contribution is -0.122. The Morgan fingerprint density at radius 3 is 2.37 bits per heavy atom. The Hall–Kier alpha value is -4.71. The zero-order valence-corrected chi connectivity index (χ0v) is 20.9. The molecule has 1 fully saturated rings. The van der Waals surface area contributed by atoms with Gasteiger partial charge in [-0.25, -0.2) is 0 Å². The van der Waals surface area contributed by atoms with E-state index in [2.05, 4.69) is 11.4 Å². The fourth-order valence-corrected chi connectivity index (χ4v) is 5.25. The molecule has 0 bridgehead atoms. The highest BCUT2D eigenvalue weighted by Gasteiger charge is 2.48. The van der Waals surface area contributed by atoms with Crippen molar-refractivity contribution in [3.63, 3.8) is 0 Å². The first-order valence-electron chi connectivity index (χ1n) is 12.7. The molecule has 1 saturated heterocycles. The van der Waals surface area contributed by atoms with Crippen LogP contribution < -0.4 is 15.0 Å². The molecule has 1 N–H and O–H groups in total. The highest BCUT2D eigenvalue weighted by molar-refractivity contribution is 6.22. The number of nitrogens with zero attached hydrogens (tertiary/aromatic N) is 1. The number of benzene rings is 4. The Morgan fingerprint density at radius 2 is 1.55 bits per heavy atom. The fraction of sp³-hybridized carbons (Fsp3) is 0.156. The van der Waals surface area contributed by atoms with E-state index >= 15 is 0 Å². The first-order valence-corrected chi connectivity index (χ1v) is 12.7. The third-order valence-electron chi connectivity index (χ3n) is 7.26. The number of fused-ring (bicyclic) bond motifs is 2. The second-order valence-corrected chi connectivity index (χ2v) is 9.86. The monoisotopic (exact) mass is 502 g/mol. The van der Waals surface area contributed by atoms with Crippen LogP contribution >= 0.6 is 0 Å². The van der Waals surface area contributed by atoms with Crippen molar-refractivity contribution in [2.24, 2.45) is 11.8 Å². The van der Waals surface area contributed by atoms with Crippen LogP contribution in [0.2, 0.25) is 0 Å². The number of hydrogen-bond acceptors (Lipinski definition) is 4. The van der Waals surface area contributed by atoms with Crippen molar-refractivity contribution >= 4 is 39.9 Å². The van der Waals surface area contributed by atoms with E-state index in [0.29, 0.717) is 35.5 Å². The van der Waals surface area contributed by atoms with Gasteiger partial charge >= 0.3 is 0 Å². The average Bonchev–Trinajstić information content (AvgIpc) is 3.18. The zero-order chi connectivity index (χ0) is 26.2. The Balaban J connectivity index is 1.14. The maximum atomic E-state index is 13.1. The Labute approximate surface area is 220 Å². The molecule has 1 aliphatic carbocycles. The van der Waals surface area contributed by atoms with Crippen LogP contribution in [-0.2, 0) is 9.59 Å². The Morgan fingerprint density at radius 1 is 0.816 bits per heavy atom. The minimum Gasteiger partial charge on any atom is -0.457 e. The quantitative estimate of drug-likeness (QED) is 0.243. The first kappa shape index (κ1) is 23.7. The van der Waals surface area contributed by atoms with Crippen LogP contribution in [-0.4, -0.2) is 17.7 Å². The van der Waals surface area contributed by atoms with Crippen LogP contribution in [0.1, 0.15) is 30.1 Å². The molecule has 6 nitrogen and oxygen atoms in total. The number of ether oxygens (including phenoxy) is 1. The first-order chi connectivity index (χ1) is 18.5. The topological polar surface area (TPSA) is 75.7 Å². The van der Waals surface area contributed by atoms with Gasteiger partial charge in [0.15, 0.2) is 0 Å². The Kier molecular flexibility index (Phi) is 6.00. The van der Waals surface area contributed by atoms with Crippen molar-refractivity contribution in [1.82, 2.24) is 0 Å². The van der Waals surface area contributed by atoms with Gasteiger partial charge in [-0.15, -0.1) is 0 Å². The van der Waals surface area contributed by atoms with E-state index < -0.39 is 0 Å². The predicted octanol–water partition coefficient (Wildman–Crippen LogP) is 6.73. The lowest BCUT2D eigenvalue weighted by Crippen LogP contribution is -2.31. The van der Waals surface area contributed by atoms with Gasteiger partial charge in [0.2, 0.25) is 11.8 Å². The molecule has 1 heterocycles. The largest absolute Gasteiger partial charge is 0.457 e. The molecule has 0 radical (unpaired) electrons. The summed E-state index contributed by atoms with van der Waals surface area (Å²) in [5, 5.41) is 5.12. The fourth-order valence-electron chi connectivity index (χ4n) is 5.25. The minimum absolute atomic E-state index is 0.188. The molecule has 2 aliphatic rings. The molecule has 2 atom stereocenters. The summed E-state index contributed by atoms with van der Waals surface area (Å²) in [6, 6.07) is 27.8. The van der Waals surface area contributed by atoms with Crippen LogP contribution in [0.3, 0.4) is 0 Å². The third-order valence-corrected chi connectivity index (χ3v) is 7.26. The van der Waals surface area contributed by atoms with Crippen molar-refractivity contribution in [3.05, 3.63) is 108 Å². The third kappa shape index (κ3) is 4.45. The Bertz CT molecular complexity index is 1610. The maximum Gasteiger partial charge on any atom is 0.255 e. The van der Waals surface area contributed by atoms with Gasteiger partial charge < -0.3 is 10.1 Å². The van der Waals surface area contributed by atoms with Gasteiger partial charge in [0.05, 0.1) is 17.5 Å². The molecular formula is C32H26N2O4. The average molecular weight is 503 g/mol. The number of rotatable bonds is 5. The van der Waals surface area contributed by atoms with E-state index in [9.17, 15) is 14.4 Å². The molecule has 6 rings (SSSR count). The number of allylic oxidation sites excluding steroid dienone is 2. The van der Waals surface area contributed by atoms with Crippen molar-refractivity contribution in [2.75, 3.05) is 10.2 Å². The van der Waals surface area contributed by atoms with Gasteiger partial charge in [-0.1, -0.05) is 48.0 Å². The van der Waals surface area contributed by atoms with Crippen molar-refractivity contribution in [3.8, 4) is 11.5 Å². The summed E-state index contributed by atoms with van der Waals surface area (Å²) in [6.45, 7) is 1.99. The van der Waals surface area contributed by atoms with Gasteiger partial charge in [-0.2, -0.15) is 0 Å². The van der Waals surface area contributed by atoms with E-state index in [1.54, 1.807) is 48.5 Å². The van der Waals surface area contributed by atoms with E-state index in [-0.39, 0.29) is 29.6 Å². The van der Waals surface area contributed by atoms with Crippen LogP contribution in [0.15, 0.2) is 103 Å². The van der Waals surface area contributed by atoms with E-state index in [1.807, 2.05) is 49.4 Å². The number of nitrogens with one attached hydrogen (secondary N) is 1. The number of imide groups is 1. The highest BCUT2D eigenvalue weighted by atomic mass is 16.5. The van der Waals surface area contributed by atoms with Crippen LogP contribution in [0.5, 0.6) is 11.5 Å². The second-order valence-electron chi connectivity index (χ2n) is 9.86. The second kappa shape index (κ2) is 9.63. The summed E-state index contributed by atoms with van der Waals surface area (Å²) in [6.07, 6.45) is 3.22. The summed E-state index contributed by atoms with van der Waals surface area (Å²) in [7, 11) is 0. The van der Waals surface area contributed by atoms with Gasteiger partial charge in [0, 0.05) is 11.3 Å². The van der Waals surface area contributed by atoms with Crippen molar-refractivity contribution in [1.29, 1.82) is 0 Å². The zero-order valence-electron chi connectivity index (χ0n) is 20.9. The normalized spacial score (nSPS) is 18.8.